The minimum absolute atomic E-state index is 0.129. The number of aryl methyl sites for hydroxylation is 1. The molecule has 6 nitrogen and oxygen atoms in total. The molecule has 0 saturated heterocycles. The van der Waals surface area contributed by atoms with Gasteiger partial charge >= 0.3 is 6.36 Å². The molecule has 1 atom stereocenters. The third kappa shape index (κ3) is 5.35. The summed E-state index contributed by atoms with van der Waals surface area (Å²) in [5.41, 5.74) is 2.10. The number of carbonyl (C=O) groups excluding carboxylic acids is 1. The van der Waals surface area contributed by atoms with Gasteiger partial charge in [0.25, 0.3) is 5.91 Å². The normalized spacial score (nSPS) is 12.4. The van der Waals surface area contributed by atoms with E-state index in [9.17, 15) is 23.1 Å². The molecule has 0 fully saturated rings. The van der Waals surface area contributed by atoms with Crippen molar-refractivity contribution in [2.45, 2.75) is 19.4 Å². The molecule has 3 aromatic rings. The molecular formula is C20H18F3N3O3. The maximum absolute atomic E-state index is 12.3. The van der Waals surface area contributed by atoms with Gasteiger partial charge in [0.1, 0.15) is 5.75 Å². The fraction of sp³-hybridized carbons (Fsp3) is 0.200. The number of hydrogen-bond donors (Lipinski definition) is 2. The summed E-state index contributed by atoms with van der Waals surface area (Å²) in [5.74, 6) is -0.863. The minimum atomic E-state index is -4.78. The highest BCUT2D eigenvalue weighted by Gasteiger charge is 2.31. The number of aliphatic hydroxyl groups excluding tert-OH is 1. The zero-order valence-electron chi connectivity index (χ0n) is 15.3. The minimum Gasteiger partial charge on any atom is -0.406 e. The Morgan fingerprint density at radius 3 is 2.45 bits per heavy atom. The molecule has 0 bridgehead atoms. The van der Waals surface area contributed by atoms with Crippen LogP contribution in [0.2, 0.25) is 0 Å². The lowest BCUT2D eigenvalue weighted by atomic mass is 10.1. The molecule has 0 spiro atoms. The molecule has 0 radical (unpaired) electrons. The smallest absolute Gasteiger partial charge is 0.406 e. The van der Waals surface area contributed by atoms with E-state index in [-0.39, 0.29) is 18.0 Å². The molecule has 1 unspecified atom stereocenters. The highest BCUT2D eigenvalue weighted by Crippen LogP contribution is 2.24. The summed E-state index contributed by atoms with van der Waals surface area (Å²) >= 11 is 0. The van der Waals surface area contributed by atoms with Gasteiger partial charge in [-0.3, -0.25) is 4.79 Å². The second kappa shape index (κ2) is 8.36. The Bertz CT molecular complexity index is 970. The molecule has 0 saturated carbocycles. The van der Waals surface area contributed by atoms with Crippen LogP contribution in [0.3, 0.4) is 0 Å². The largest absolute Gasteiger partial charge is 0.573 e. The van der Waals surface area contributed by atoms with Crippen LogP contribution in [0.1, 0.15) is 27.8 Å². The van der Waals surface area contributed by atoms with E-state index in [4.69, 9.17) is 0 Å². The van der Waals surface area contributed by atoms with Gasteiger partial charge in [0.05, 0.1) is 11.8 Å². The SMILES string of the molecule is Cc1cc(C(=O)NCC(O)c2ccc(OC(F)(F)F)cc2)nn1-c1ccccc1. The second-order valence-corrected chi connectivity index (χ2v) is 6.26. The van der Waals surface area contributed by atoms with E-state index in [1.54, 1.807) is 10.7 Å². The zero-order valence-corrected chi connectivity index (χ0v) is 15.3. The van der Waals surface area contributed by atoms with Gasteiger partial charge in [-0.1, -0.05) is 30.3 Å². The number of ether oxygens (including phenoxy) is 1. The molecule has 1 amide bonds. The number of amides is 1. The van der Waals surface area contributed by atoms with E-state index in [1.165, 1.54) is 12.1 Å². The number of rotatable bonds is 6. The second-order valence-electron chi connectivity index (χ2n) is 6.26. The highest BCUT2D eigenvalue weighted by atomic mass is 19.4. The number of aliphatic hydroxyl groups is 1. The molecule has 29 heavy (non-hydrogen) atoms. The van der Waals surface area contributed by atoms with E-state index < -0.39 is 18.4 Å². The van der Waals surface area contributed by atoms with Gasteiger partial charge in [-0.25, -0.2) is 4.68 Å². The van der Waals surface area contributed by atoms with Gasteiger partial charge < -0.3 is 15.2 Å². The summed E-state index contributed by atoms with van der Waals surface area (Å²) in [4.78, 5) is 12.3. The molecule has 152 valence electrons. The van der Waals surface area contributed by atoms with Gasteiger partial charge in [-0.05, 0) is 42.8 Å². The van der Waals surface area contributed by atoms with Crippen LogP contribution >= 0.6 is 0 Å². The lowest BCUT2D eigenvalue weighted by Crippen LogP contribution is -2.28. The van der Waals surface area contributed by atoms with Crippen LogP contribution in [0, 0.1) is 6.92 Å². The van der Waals surface area contributed by atoms with Crippen LogP contribution < -0.4 is 10.1 Å². The lowest BCUT2D eigenvalue weighted by Gasteiger charge is -2.13. The highest BCUT2D eigenvalue weighted by molar-refractivity contribution is 5.92. The van der Waals surface area contributed by atoms with Crippen LogP contribution in [0.5, 0.6) is 5.75 Å². The van der Waals surface area contributed by atoms with E-state index in [0.29, 0.717) is 5.56 Å². The maximum atomic E-state index is 12.3. The average molecular weight is 405 g/mol. The van der Waals surface area contributed by atoms with Crippen molar-refractivity contribution < 1.29 is 27.8 Å². The van der Waals surface area contributed by atoms with Gasteiger partial charge in [-0.15, -0.1) is 13.2 Å². The number of carbonyl (C=O) groups is 1. The Morgan fingerprint density at radius 2 is 1.83 bits per heavy atom. The number of nitrogens with one attached hydrogen (secondary N) is 1. The topological polar surface area (TPSA) is 76.4 Å². The van der Waals surface area contributed by atoms with Crippen LogP contribution in [-0.4, -0.2) is 33.7 Å². The molecule has 0 aliphatic heterocycles. The first kappa shape index (κ1) is 20.4. The van der Waals surface area contributed by atoms with Crippen molar-refractivity contribution in [1.29, 1.82) is 0 Å². The zero-order chi connectivity index (χ0) is 21.0. The Balaban J connectivity index is 1.60. The summed E-state index contributed by atoms with van der Waals surface area (Å²) in [6.45, 7) is 1.69. The quantitative estimate of drug-likeness (QED) is 0.658. The Hall–Kier alpha value is -3.33. The number of para-hydroxylation sites is 1. The van der Waals surface area contributed by atoms with Crippen molar-refractivity contribution in [2.24, 2.45) is 0 Å². The maximum Gasteiger partial charge on any atom is 0.573 e. The van der Waals surface area contributed by atoms with Crippen molar-refractivity contribution in [1.82, 2.24) is 15.1 Å². The fourth-order valence-electron chi connectivity index (χ4n) is 2.71. The summed E-state index contributed by atoms with van der Waals surface area (Å²) in [7, 11) is 0. The fourth-order valence-corrected chi connectivity index (χ4v) is 2.71. The number of aromatic nitrogens is 2. The van der Waals surface area contributed by atoms with Gasteiger partial charge in [-0.2, -0.15) is 5.10 Å². The van der Waals surface area contributed by atoms with Crippen molar-refractivity contribution in [3.63, 3.8) is 0 Å². The standard InChI is InChI=1S/C20H18F3N3O3/c1-13-11-17(25-26(13)15-5-3-2-4-6-15)19(28)24-12-18(27)14-7-9-16(10-8-14)29-20(21,22)23/h2-11,18,27H,12H2,1H3,(H,24,28). The predicted molar refractivity (Wildman–Crippen MR) is 98.7 cm³/mol. The lowest BCUT2D eigenvalue weighted by molar-refractivity contribution is -0.274. The van der Waals surface area contributed by atoms with Crippen LogP contribution in [0.4, 0.5) is 13.2 Å². The van der Waals surface area contributed by atoms with Crippen LogP contribution in [0.25, 0.3) is 5.69 Å². The number of halogens is 3. The molecule has 1 aromatic heterocycles. The number of alkyl halides is 3. The summed E-state index contributed by atoms with van der Waals surface area (Å²) in [6.07, 6.45) is -5.88. The average Bonchev–Trinajstić information content (AvgIpc) is 3.07. The van der Waals surface area contributed by atoms with Crippen LogP contribution in [-0.2, 0) is 0 Å². The third-order valence-electron chi connectivity index (χ3n) is 4.08. The van der Waals surface area contributed by atoms with E-state index in [1.807, 2.05) is 37.3 Å². The van der Waals surface area contributed by atoms with Gasteiger partial charge in [0.2, 0.25) is 0 Å². The van der Waals surface area contributed by atoms with Crippen molar-refractivity contribution in [3.05, 3.63) is 77.6 Å². The predicted octanol–water partition coefficient (Wildman–Crippen LogP) is 3.54. The number of hydrogen-bond acceptors (Lipinski definition) is 4. The molecule has 0 aliphatic rings. The van der Waals surface area contributed by atoms with Crippen molar-refractivity contribution in [2.75, 3.05) is 6.54 Å². The van der Waals surface area contributed by atoms with E-state index in [2.05, 4.69) is 15.2 Å². The molecule has 3 rings (SSSR count). The first-order valence-electron chi connectivity index (χ1n) is 8.67. The monoisotopic (exact) mass is 405 g/mol. The first-order chi connectivity index (χ1) is 13.7. The Morgan fingerprint density at radius 1 is 1.17 bits per heavy atom. The van der Waals surface area contributed by atoms with Crippen LogP contribution in [0.15, 0.2) is 60.7 Å². The summed E-state index contributed by atoms with van der Waals surface area (Å²) < 4.78 is 42.0. The summed E-state index contributed by atoms with van der Waals surface area (Å²) in [6, 6.07) is 15.7. The Labute approximate surface area is 164 Å². The van der Waals surface area contributed by atoms with E-state index in [0.717, 1.165) is 23.5 Å². The molecule has 2 N–H and O–H groups in total. The van der Waals surface area contributed by atoms with Gasteiger partial charge in [0, 0.05) is 12.2 Å². The van der Waals surface area contributed by atoms with Gasteiger partial charge in [0.15, 0.2) is 5.69 Å². The molecule has 2 aromatic carbocycles. The number of benzene rings is 2. The third-order valence-corrected chi connectivity index (χ3v) is 4.08. The summed E-state index contributed by atoms with van der Waals surface area (Å²) in [5, 5.41) is 17.0. The molecule has 9 heteroatoms. The molecule has 1 heterocycles. The van der Waals surface area contributed by atoms with Crippen molar-refractivity contribution in [3.8, 4) is 11.4 Å². The first-order valence-corrected chi connectivity index (χ1v) is 8.67. The molecular weight excluding hydrogens is 387 g/mol. The Kier molecular flexibility index (Phi) is 5.88. The molecule has 0 aliphatic carbocycles. The number of nitrogens with zero attached hydrogens (tertiary/aromatic N) is 2. The van der Waals surface area contributed by atoms with Crippen molar-refractivity contribution >= 4 is 5.91 Å². The van der Waals surface area contributed by atoms with E-state index >= 15 is 0 Å².